The molecule has 176 valence electrons. The lowest BCUT2D eigenvalue weighted by molar-refractivity contribution is -0.141. The highest BCUT2D eigenvalue weighted by molar-refractivity contribution is 6.00. The van der Waals surface area contributed by atoms with Gasteiger partial charge in [-0.25, -0.2) is 4.79 Å². The number of aliphatic carboxylic acids is 1. The van der Waals surface area contributed by atoms with E-state index >= 15 is 0 Å². The summed E-state index contributed by atoms with van der Waals surface area (Å²) in [5.74, 6) is -2.22. The van der Waals surface area contributed by atoms with Gasteiger partial charge in [0.25, 0.3) is 5.91 Å². The van der Waals surface area contributed by atoms with Crippen molar-refractivity contribution < 1.29 is 33.8 Å². The molecule has 0 fully saturated rings. The Morgan fingerprint density at radius 3 is 2.26 bits per heavy atom. The Kier molecular flexibility index (Phi) is 6.38. The number of furan rings is 1. The smallest absolute Gasteiger partial charge is 0.411 e. The summed E-state index contributed by atoms with van der Waals surface area (Å²) < 4.78 is 10.6. The molecule has 0 saturated carbocycles. The van der Waals surface area contributed by atoms with Crippen LogP contribution in [0, 0.1) is 0 Å². The molecule has 4 rings (SSSR count). The van der Waals surface area contributed by atoms with Crippen LogP contribution in [-0.4, -0.2) is 46.9 Å². The molecule has 0 radical (unpaired) electrons. The number of carbonyl (C=O) groups is 3. The first kappa shape index (κ1) is 23.1. The summed E-state index contributed by atoms with van der Waals surface area (Å²) in [5, 5.41) is 23.8. The predicted octanol–water partition coefficient (Wildman–Crippen LogP) is 3.60. The number of aliphatic hydroxyl groups is 1. The quantitative estimate of drug-likeness (QED) is 0.400. The van der Waals surface area contributed by atoms with Gasteiger partial charge in [-0.1, -0.05) is 48.5 Å². The van der Waals surface area contributed by atoms with Gasteiger partial charge in [0.1, 0.15) is 6.61 Å². The van der Waals surface area contributed by atoms with E-state index in [9.17, 15) is 19.5 Å². The van der Waals surface area contributed by atoms with E-state index in [-0.39, 0.29) is 30.5 Å². The summed E-state index contributed by atoms with van der Waals surface area (Å²) in [4.78, 5) is 35.7. The molecule has 34 heavy (non-hydrogen) atoms. The van der Waals surface area contributed by atoms with E-state index in [1.807, 2.05) is 48.5 Å². The number of nitrogens with one attached hydrogen (secondary N) is 2. The summed E-state index contributed by atoms with van der Waals surface area (Å²) in [6, 6.07) is 17.3. The Morgan fingerprint density at radius 2 is 1.65 bits per heavy atom. The molecule has 1 unspecified atom stereocenters. The number of hydrogen-bond donors (Lipinski definition) is 4. The Labute approximate surface area is 195 Å². The number of ether oxygens (including phenoxy) is 1. The van der Waals surface area contributed by atoms with Crippen LogP contribution in [-0.2, 0) is 9.53 Å². The van der Waals surface area contributed by atoms with Crippen LogP contribution < -0.4 is 10.6 Å². The second-order valence-corrected chi connectivity index (χ2v) is 8.36. The highest BCUT2D eigenvalue weighted by Gasteiger charge is 2.30. The van der Waals surface area contributed by atoms with Crippen LogP contribution in [0.1, 0.15) is 40.9 Å². The molecule has 1 aliphatic rings. The number of anilines is 1. The van der Waals surface area contributed by atoms with Gasteiger partial charge in [-0.3, -0.25) is 14.9 Å². The second-order valence-electron chi connectivity index (χ2n) is 8.36. The number of carbonyl (C=O) groups excluding carboxylic acids is 2. The van der Waals surface area contributed by atoms with Gasteiger partial charge in [0.15, 0.2) is 0 Å². The molecular weight excluding hydrogens is 440 g/mol. The molecule has 4 N–H and O–H groups in total. The molecule has 1 heterocycles. The van der Waals surface area contributed by atoms with Crippen molar-refractivity contribution in [2.24, 2.45) is 0 Å². The molecule has 9 nitrogen and oxygen atoms in total. The van der Waals surface area contributed by atoms with Gasteiger partial charge < -0.3 is 24.7 Å². The van der Waals surface area contributed by atoms with Crippen LogP contribution in [0.4, 0.5) is 10.5 Å². The fraction of sp³-hybridized carbons (Fsp3) is 0.240. The SMILES string of the molecule is CC(O)(CNC(=O)c1occc1NC(=O)OCC1c2ccccc2-c2ccccc21)CC(=O)O. The minimum Gasteiger partial charge on any atom is -0.481 e. The summed E-state index contributed by atoms with van der Waals surface area (Å²) >= 11 is 0. The average Bonchev–Trinajstić information content (AvgIpc) is 3.38. The van der Waals surface area contributed by atoms with E-state index in [0.717, 1.165) is 22.3 Å². The van der Waals surface area contributed by atoms with Crippen molar-refractivity contribution in [3.05, 3.63) is 77.7 Å². The van der Waals surface area contributed by atoms with Crippen molar-refractivity contribution >= 4 is 23.7 Å². The second kappa shape index (κ2) is 9.40. The zero-order valence-corrected chi connectivity index (χ0v) is 18.4. The van der Waals surface area contributed by atoms with Gasteiger partial charge in [-0.15, -0.1) is 0 Å². The van der Waals surface area contributed by atoms with E-state index in [1.165, 1.54) is 19.3 Å². The summed E-state index contributed by atoms with van der Waals surface area (Å²) in [7, 11) is 0. The van der Waals surface area contributed by atoms with Crippen molar-refractivity contribution in [2.45, 2.75) is 24.9 Å². The summed E-state index contributed by atoms with van der Waals surface area (Å²) in [6.07, 6.45) is -0.0742. The number of benzene rings is 2. The monoisotopic (exact) mass is 464 g/mol. The van der Waals surface area contributed by atoms with Gasteiger partial charge in [0.05, 0.1) is 24.0 Å². The molecule has 2 aromatic carbocycles. The fourth-order valence-corrected chi connectivity index (χ4v) is 4.07. The van der Waals surface area contributed by atoms with Crippen LogP contribution in [0.2, 0.25) is 0 Å². The number of rotatable bonds is 8. The van der Waals surface area contributed by atoms with Crippen LogP contribution in [0.15, 0.2) is 65.3 Å². The molecule has 1 atom stereocenters. The van der Waals surface area contributed by atoms with Crippen molar-refractivity contribution in [3.8, 4) is 11.1 Å². The van der Waals surface area contributed by atoms with Crippen LogP contribution >= 0.6 is 0 Å². The normalized spacial score (nSPS) is 13.9. The first-order chi connectivity index (χ1) is 16.2. The van der Waals surface area contributed by atoms with Gasteiger partial charge in [-0.05, 0) is 29.2 Å². The van der Waals surface area contributed by atoms with Crippen LogP contribution in [0.25, 0.3) is 11.1 Å². The summed E-state index contributed by atoms with van der Waals surface area (Å²) in [6.45, 7) is 1.08. The van der Waals surface area contributed by atoms with E-state index in [2.05, 4.69) is 10.6 Å². The van der Waals surface area contributed by atoms with Gasteiger partial charge in [0.2, 0.25) is 5.76 Å². The number of carboxylic acids is 1. The topological polar surface area (TPSA) is 138 Å². The third-order valence-electron chi connectivity index (χ3n) is 5.61. The Bertz CT molecular complexity index is 1190. The fourth-order valence-electron chi connectivity index (χ4n) is 4.07. The van der Waals surface area contributed by atoms with E-state index in [0.29, 0.717) is 0 Å². The van der Waals surface area contributed by atoms with E-state index in [1.54, 1.807) is 0 Å². The predicted molar refractivity (Wildman–Crippen MR) is 123 cm³/mol. The van der Waals surface area contributed by atoms with Crippen molar-refractivity contribution in [2.75, 3.05) is 18.5 Å². The number of carboxylic acid groups (broad SMARTS) is 1. The summed E-state index contributed by atoms with van der Waals surface area (Å²) in [5.41, 5.74) is 2.82. The van der Waals surface area contributed by atoms with E-state index < -0.39 is 30.0 Å². The molecule has 0 bridgehead atoms. The molecule has 0 spiro atoms. The Balaban J connectivity index is 1.38. The average molecular weight is 464 g/mol. The van der Waals surface area contributed by atoms with Crippen molar-refractivity contribution in [1.82, 2.24) is 5.32 Å². The first-order valence-corrected chi connectivity index (χ1v) is 10.7. The maximum Gasteiger partial charge on any atom is 0.411 e. The Morgan fingerprint density at radius 1 is 1.03 bits per heavy atom. The number of hydrogen-bond acceptors (Lipinski definition) is 6. The lowest BCUT2D eigenvalue weighted by atomic mass is 9.98. The minimum atomic E-state index is -1.64. The van der Waals surface area contributed by atoms with E-state index in [4.69, 9.17) is 14.3 Å². The zero-order valence-electron chi connectivity index (χ0n) is 18.4. The highest BCUT2D eigenvalue weighted by Crippen LogP contribution is 2.44. The largest absolute Gasteiger partial charge is 0.481 e. The van der Waals surface area contributed by atoms with Crippen LogP contribution in [0.3, 0.4) is 0 Å². The van der Waals surface area contributed by atoms with Crippen molar-refractivity contribution in [1.29, 1.82) is 0 Å². The maximum absolute atomic E-state index is 12.5. The zero-order chi connectivity index (χ0) is 24.3. The molecule has 1 aliphatic carbocycles. The molecule has 9 heteroatoms. The number of amides is 2. The maximum atomic E-state index is 12.5. The molecular formula is C25H24N2O7. The lowest BCUT2D eigenvalue weighted by Crippen LogP contribution is -2.42. The minimum absolute atomic E-state index is 0.0904. The number of fused-ring (bicyclic) bond motifs is 3. The molecule has 0 aliphatic heterocycles. The van der Waals surface area contributed by atoms with Gasteiger partial charge >= 0.3 is 12.1 Å². The standard InChI is InChI=1S/C25H24N2O7/c1-25(32,12-21(28)29)14-26-23(30)22-20(10-11-33-22)27-24(31)34-13-19-17-8-4-2-6-15(17)16-7-3-5-9-18(16)19/h2-11,19,32H,12-14H2,1H3,(H,26,30)(H,27,31)(H,28,29). The first-order valence-electron chi connectivity index (χ1n) is 10.7. The third kappa shape index (κ3) is 4.94. The van der Waals surface area contributed by atoms with Gasteiger partial charge in [0, 0.05) is 18.5 Å². The molecule has 0 saturated heterocycles. The molecule has 2 amide bonds. The molecule has 1 aromatic heterocycles. The lowest BCUT2D eigenvalue weighted by Gasteiger charge is -2.21. The highest BCUT2D eigenvalue weighted by atomic mass is 16.5. The third-order valence-corrected chi connectivity index (χ3v) is 5.61. The van der Waals surface area contributed by atoms with Gasteiger partial charge in [-0.2, -0.15) is 0 Å². The van der Waals surface area contributed by atoms with Crippen molar-refractivity contribution in [3.63, 3.8) is 0 Å². The van der Waals surface area contributed by atoms with Crippen LogP contribution in [0.5, 0.6) is 0 Å². The Hall–Kier alpha value is -4.11. The molecule has 3 aromatic rings.